The summed E-state index contributed by atoms with van der Waals surface area (Å²) in [5.74, 6) is 1.50. The van der Waals surface area contributed by atoms with E-state index in [0.29, 0.717) is 5.88 Å². The largest absolute Gasteiger partial charge is 0.354 e. The van der Waals surface area contributed by atoms with Gasteiger partial charge in [-0.05, 0) is 20.0 Å². The minimum absolute atomic E-state index is 0. The van der Waals surface area contributed by atoms with Gasteiger partial charge in [0.05, 0.1) is 11.6 Å². The molecule has 3 rings (SSSR count). The van der Waals surface area contributed by atoms with Crippen LogP contribution in [0, 0.1) is 6.92 Å². The number of pyridine rings is 1. The molecule has 0 N–H and O–H groups in total. The average Bonchev–Trinajstić information content (AvgIpc) is 2.73. The molecule has 1 aliphatic heterocycles. The van der Waals surface area contributed by atoms with Gasteiger partial charge < -0.3 is 9.80 Å². The SMILES string of the molecule is Cc1nn(C)c2nc(N3CCN(C)CC3)c(CCl)cc12.Cl. The molecule has 0 unspecified atom stereocenters. The highest BCUT2D eigenvalue weighted by Crippen LogP contribution is 2.27. The smallest absolute Gasteiger partial charge is 0.160 e. The summed E-state index contributed by atoms with van der Waals surface area (Å²) in [5.41, 5.74) is 3.04. The molecular weight excluding hydrogens is 309 g/mol. The molecule has 1 fully saturated rings. The number of hydrogen-bond donors (Lipinski definition) is 0. The maximum absolute atomic E-state index is 6.14. The molecule has 116 valence electrons. The summed E-state index contributed by atoms with van der Waals surface area (Å²) in [6.07, 6.45) is 0. The summed E-state index contributed by atoms with van der Waals surface area (Å²) >= 11 is 6.14. The van der Waals surface area contributed by atoms with Crippen LogP contribution in [-0.4, -0.2) is 52.9 Å². The minimum Gasteiger partial charge on any atom is -0.354 e. The van der Waals surface area contributed by atoms with Gasteiger partial charge in [0.25, 0.3) is 0 Å². The van der Waals surface area contributed by atoms with Crippen molar-refractivity contribution >= 4 is 40.9 Å². The van der Waals surface area contributed by atoms with Crippen molar-refractivity contribution in [3.63, 3.8) is 0 Å². The van der Waals surface area contributed by atoms with E-state index in [1.807, 2.05) is 18.7 Å². The monoisotopic (exact) mass is 329 g/mol. The van der Waals surface area contributed by atoms with Crippen LogP contribution in [0.1, 0.15) is 11.3 Å². The van der Waals surface area contributed by atoms with E-state index in [4.69, 9.17) is 16.6 Å². The first-order valence-corrected chi connectivity index (χ1v) is 7.46. The van der Waals surface area contributed by atoms with Gasteiger partial charge in [0.2, 0.25) is 0 Å². The van der Waals surface area contributed by atoms with E-state index in [1.165, 1.54) is 0 Å². The normalized spacial score (nSPS) is 16.3. The Hall–Kier alpha value is -1.04. The Bertz CT molecular complexity index is 632. The first kappa shape index (κ1) is 16.3. The Morgan fingerprint density at radius 3 is 2.48 bits per heavy atom. The third kappa shape index (κ3) is 2.96. The number of nitrogens with zero attached hydrogens (tertiary/aromatic N) is 5. The first-order chi connectivity index (χ1) is 9.60. The lowest BCUT2D eigenvalue weighted by atomic mass is 10.2. The number of alkyl halides is 1. The second-order valence-corrected chi connectivity index (χ2v) is 5.74. The molecule has 0 atom stereocenters. The molecule has 0 aliphatic carbocycles. The molecule has 0 bridgehead atoms. The van der Waals surface area contributed by atoms with E-state index in [0.717, 1.165) is 54.3 Å². The van der Waals surface area contributed by atoms with Gasteiger partial charge in [-0.1, -0.05) is 0 Å². The van der Waals surface area contributed by atoms with Gasteiger partial charge in [0.15, 0.2) is 5.65 Å². The molecule has 1 saturated heterocycles. The van der Waals surface area contributed by atoms with Crippen molar-refractivity contribution in [2.24, 2.45) is 7.05 Å². The Balaban J connectivity index is 0.00000161. The predicted molar refractivity (Wildman–Crippen MR) is 89.8 cm³/mol. The van der Waals surface area contributed by atoms with Crippen molar-refractivity contribution in [2.75, 3.05) is 38.1 Å². The van der Waals surface area contributed by atoms with Crippen LogP contribution in [0.5, 0.6) is 0 Å². The fourth-order valence-corrected chi connectivity index (χ4v) is 2.96. The quantitative estimate of drug-likeness (QED) is 0.791. The van der Waals surface area contributed by atoms with Crippen LogP contribution >= 0.6 is 24.0 Å². The van der Waals surface area contributed by atoms with Gasteiger partial charge in [0.1, 0.15) is 5.82 Å². The molecule has 0 saturated carbocycles. The maximum Gasteiger partial charge on any atom is 0.160 e. The summed E-state index contributed by atoms with van der Waals surface area (Å²) in [6, 6.07) is 2.14. The van der Waals surface area contributed by atoms with Crippen molar-refractivity contribution in [1.82, 2.24) is 19.7 Å². The highest BCUT2D eigenvalue weighted by Gasteiger charge is 2.20. The number of anilines is 1. The summed E-state index contributed by atoms with van der Waals surface area (Å²) in [4.78, 5) is 9.51. The molecular formula is C14H21Cl2N5. The molecule has 5 nitrogen and oxygen atoms in total. The molecule has 7 heteroatoms. The zero-order chi connectivity index (χ0) is 14.3. The van der Waals surface area contributed by atoms with E-state index < -0.39 is 0 Å². The first-order valence-electron chi connectivity index (χ1n) is 6.93. The van der Waals surface area contributed by atoms with Crippen LogP contribution < -0.4 is 4.90 Å². The number of halogens is 2. The van der Waals surface area contributed by atoms with Gasteiger partial charge in [0, 0.05) is 44.2 Å². The summed E-state index contributed by atoms with van der Waals surface area (Å²) < 4.78 is 1.85. The minimum atomic E-state index is 0. The Morgan fingerprint density at radius 1 is 1.19 bits per heavy atom. The third-order valence-electron chi connectivity index (χ3n) is 4.00. The van der Waals surface area contributed by atoms with Crippen LogP contribution in [0.25, 0.3) is 11.0 Å². The van der Waals surface area contributed by atoms with Gasteiger partial charge in [-0.15, -0.1) is 24.0 Å². The number of piperazine rings is 1. The lowest BCUT2D eigenvalue weighted by Crippen LogP contribution is -2.45. The van der Waals surface area contributed by atoms with E-state index in [-0.39, 0.29) is 12.4 Å². The molecule has 0 radical (unpaired) electrons. The molecule has 1 aliphatic rings. The highest BCUT2D eigenvalue weighted by molar-refractivity contribution is 6.17. The van der Waals surface area contributed by atoms with Crippen molar-refractivity contribution in [3.05, 3.63) is 17.3 Å². The standard InChI is InChI=1S/C14H20ClN5.ClH/c1-10-12-8-11(9-15)13(16-14(12)19(3)17-10)20-6-4-18(2)5-7-20;/h8H,4-7,9H2,1-3H3;1H. The van der Waals surface area contributed by atoms with Crippen LogP contribution in [0.15, 0.2) is 6.07 Å². The topological polar surface area (TPSA) is 37.2 Å². The highest BCUT2D eigenvalue weighted by atomic mass is 35.5. The summed E-state index contributed by atoms with van der Waals surface area (Å²) in [6.45, 7) is 6.13. The van der Waals surface area contributed by atoms with Crippen LogP contribution in [0.2, 0.25) is 0 Å². The van der Waals surface area contributed by atoms with Gasteiger partial charge in [-0.25, -0.2) is 4.98 Å². The van der Waals surface area contributed by atoms with Crippen molar-refractivity contribution in [3.8, 4) is 0 Å². The Morgan fingerprint density at radius 2 is 1.86 bits per heavy atom. The second-order valence-electron chi connectivity index (χ2n) is 5.48. The Labute approximate surface area is 136 Å². The van der Waals surface area contributed by atoms with E-state index in [9.17, 15) is 0 Å². The third-order valence-corrected chi connectivity index (χ3v) is 4.29. The fraction of sp³-hybridized carbons (Fsp3) is 0.571. The zero-order valence-electron chi connectivity index (χ0n) is 12.6. The lowest BCUT2D eigenvalue weighted by molar-refractivity contribution is 0.312. The van der Waals surface area contributed by atoms with E-state index in [2.05, 4.69) is 28.0 Å². The summed E-state index contributed by atoms with van der Waals surface area (Å²) in [5, 5.41) is 5.55. The van der Waals surface area contributed by atoms with Gasteiger partial charge >= 0.3 is 0 Å². The summed E-state index contributed by atoms with van der Waals surface area (Å²) in [7, 11) is 4.09. The molecule has 2 aromatic rings. The van der Waals surface area contributed by atoms with E-state index >= 15 is 0 Å². The number of likely N-dealkylation sites (N-methyl/N-ethyl adjacent to an activating group) is 1. The molecule has 0 amide bonds. The van der Waals surface area contributed by atoms with E-state index in [1.54, 1.807) is 0 Å². The second kappa shape index (κ2) is 6.38. The predicted octanol–water partition coefficient (Wildman–Crippen LogP) is 2.19. The number of aromatic nitrogens is 3. The van der Waals surface area contributed by atoms with Gasteiger partial charge in [-0.2, -0.15) is 5.10 Å². The maximum atomic E-state index is 6.14. The van der Waals surface area contributed by atoms with Crippen LogP contribution in [-0.2, 0) is 12.9 Å². The molecule has 2 aromatic heterocycles. The Kier molecular flexibility index (Phi) is 4.96. The van der Waals surface area contributed by atoms with Crippen molar-refractivity contribution < 1.29 is 0 Å². The number of rotatable bonds is 2. The molecule has 21 heavy (non-hydrogen) atoms. The zero-order valence-corrected chi connectivity index (χ0v) is 14.2. The van der Waals surface area contributed by atoms with Gasteiger partial charge in [-0.3, -0.25) is 4.68 Å². The number of aryl methyl sites for hydroxylation is 2. The number of hydrogen-bond acceptors (Lipinski definition) is 4. The van der Waals surface area contributed by atoms with Crippen LogP contribution in [0.3, 0.4) is 0 Å². The molecule has 0 spiro atoms. The fourth-order valence-electron chi connectivity index (χ4n) is 2.77. The van der Waals surface area contributed by atoms with Crippen molar-refractivity contribution in [1.29, 1.82) is 0 Å². The lowest BCUT2D eigenvalue weighted by Gasteiger charge is -2.34. The molecule has 3 heterocycles. The van der Waals surface area contributed by atoms with Crippen LogP contribution in [0.4, 0.5) is 5.82 Å². The number of fused-ring (bicyclic) bond motifs is 1. The average molecular weight is 330 g/mol. The molecule has 0 aromatic carbocycles. The van der Waals surface area contributed by atoms with Crippen molar-refractivity contribution in [2.45, 2.75) is 12.8 Å².